The molecule has 0 aromatic carbocycles. The first-order valence-corrected chi connectivity index (χ1v) is 3.96. The maximum Gasteiger partial charge on any atom is 0.244 e. The van der Waals surface area contributed by atoms with Gasteiger partial charge in [-0.15, -0.1) is 0 Å². The lowest BCUT2D eigenvalue weighted by molar-refractivity contribution is -0.115. The third-order valence-electron chi connectivity index (χ3n) is 1.57. The Morgan fingerprint density at radius 1 is 1.50 bits per heavy atom. The molecule has 3 heteroatoms. The fraction of sp³-hybridized carbons (Fsp3) is 0.333. The van der Waals surface area contributed by atoms with E-state index in [4.69, 9.17) is 0 Å². The smallest absolute Gasteiger partial charge is 0.244 e. The van der Waals surface area contributed by atoms with E-state index in [2.05, 4.69) is 4.98 Å². The van der Waals surface area contributed by atoms with Gasteiger partial charge in [0.1, 0.15) is 0 Å². The Morgan fingerprint density at radius 2 is 2.25 bits per heavy atom. The Kier molecular flexibility index (Phi) is 2.80. The van der Waals surface area contributed by atoms with Crippen LogP contribution in [-0.2, 0) is 4.79 Å². The van der Waals surface area contributed by atoms with Crippen molar-refractivity contribution < 1.29 is 9.59 Å². The highest BCUT2D eigenvalue weighted by molar-refractivity contribution is 6.43. The summed E-state index contributed by atoms with van der Waals surface area (Å²) in [4.78, 5) is 25.0. The summed E-state index contributed by atoms with van der Waals surface area (Å²) >= 11 is 0. The SMILES string of the molecule is CCCC(=O)C(=O)c1ccc[nH]1. The summed E-state index contributed by atoms with van der Waals surface area (Å²) in [5.74, 6) is -0.734. The van der Waals surface area contributed by atoms with Crippen LogP contribution >= 0.6 is 0 Å². The topological polar surface area (TPSA) is 49.9 Å². The lowest BCUT2D eigenvalue weighted by atomic mass is 10.1. The van der Waals surface area contributed by atoms with Crippen LogP contribution in [0.25, 0.3) is 0 Å². The Labute approximate surface area is 70.8 Å². The number of aromatic amines is 1. The van der Waals surface area contributed by atoms with Crippen molar-refractivity contribution >= 4 is 11.6 Å². The van der Waals surface area contributed by atoms with Crippen LogP contribution in [0.3, 0.4) is 0 Å². The van der Waals surface area contributed by atoms with Crippen LogP contribution in [0.15, 0.2) is 18.3 Å². The molecule has 0 radical (unpaired) electrons. The van der Waals surface area contributed by atoms with E-state index in [1.165, 1.54) is 0 Å². The molecule has 0 saturated carbocycles. The zero-order valence-electron chi connectivity index (χ0n) is 6.96. The van der Waals surface area contributed by atoms with E-state index in [9.17, 15) is 9.59 Å². The molecule has 64 valence electrons. The molecule has 0 amide bonds. The lowest BCUT2D eigenvalue weighted by Gasteiger charge is -1.94. The number of aromatic nitrogens is 1. The number of hydrogen-bond donors (Lipinski definition) is 1. The molecular weight excluding hydrogens is 154 g/mol. The van der Waals surface area contributed by atoms with E-state index >= 15 is 0 Å². The molecule has 1 aromatic rings. The first kappa shape index (κ1) is 8.71. The molecule has 0 saturated heterocycles. The van der Waals surface area contributed by atoms with Gasteiger partial charge in [-0.3, -0.25) is 9.59 Å². The normalized spacial score (nSPS) is 9.75. The second kappa shape index (κ2) is 3.85. The first-order chi connectivity index (χ1) is 5.75. The van der Waals surface area contributed by atoms with Crippen molar-refractivity contribution in [2.45, 2.75) is 19.8 Å². The zero-order chi connectivity index (χ0) is 8.97. The van der Waals surface area contributed by atoms with E-state index < -0.39 is 5.78 Å². The van der Waals surface area contributed by atoms with Gasteiger partial charge in [-0.1, -0.05) is 6.92 Å². The standard InChI is InChI=1S/C9H11NO2/c1-2-4-8(11)9(12)7-5-3-6-10-7/h3,5-6,10H,2,4H2,1H3. The summed E-state index contributed by atoms with van der Waals surface area (Å²) in [6.45, 7) is 1.87. The Balaban J connectivity index is 2.66. The van der Waals surface area contributed by atoms with Gasteiger partial charge in [0.25, 0.3) is 0 Å². The largest absolute Gasteiger partial charge is 0.358 e. The number of rotatable bonds is 4. The Hall–Kier alpha value is -1.38. The molecule has 0 aliphatic rings. The molecule has 3 nitrogen and oxygen atoms in total. The summed E-state index contributed by atoms with van der Waals surface area (Å²) in [6, 6.07) is 3.31. The minimum atomic E-state index is -0.415. The van der Waals surface area contributed by atoms with Crippen LogP contribution in [0.4, 0.5) is 0 Å². The molecule has 1 N–H and O–H groups in total. The minimum Gasteiger partial charge on any atom is -0.358 e. The molecule has 1 aromatic heterocycles. The van der Waals surface area contributed by atoms with E-state index in [0.717, 1.165) is 0 Å². The molecule has 12 heavy (non-hydrogen) atoms. The maximum absolute atomic E-state index is 11.2. The molecule has 1 heterocycles. The van der Waals surface area contributed by atoms with E-state index in [1.807, 2.05) is 6.92 Å². The Bertz CT molecular complexity index is 275. The summed E-state index contributed by atoms with van der Waals surface area (Å²) in [6.07, 6.45) is 2.68. The summed E-state index contributed by atoms with van der Waals surface area (Å²) in [5.41, 5.74) is 0.383. The van der Waals surface area contributed by atoms with Crippen molar-refractivity contribution in [3.8, 4) is 0 Å². The van der Waals surface area contributed by atoms with Crippen molar-refractivity contribution in [1.82, 2.24) is 4.98 Å². The molecule has 0 spiro atoms. The maximum atomic E-state index is 11.2. The predicted molar refractivity (Wildman–Crippen MR) is 45.0 cm³/mol. The average molecular weight is 165 g/mol. The van der Waals surface area contributed by atoms with Crippen molar-refractivity contribution in [3.05, 3.63) is 24.0 Å². The van der Waals surface area contributed by atoms with Gasteiger partial charge in [0.15, 0.2) is 0 Å². The van der Waals surface area contributed by atoms with Gasteiger partial charge >= 0.3 is 0 Å². The molecule has 1 rings (SSSR count). The van der Waals surface area contributed by atoms with E-state index in [0.29, 0.717) is 18.5 Å². The third kappa shape index (κ3) is 1.81. The second-order valence-corrected chi connectivity index (χ2v) is 2.59. The number of carbonyl (C=O) groups excluding carboxylic acids is 2. The minimum absolute atomic E-state index is 0.319. The molecule has 0 aliphatic carbocycles. The number of nitrogens with one attached hydrogen (secondary N) is 1. The number of H-pyrrole nitrogens is 1. The van der Waals surface area contributed by atoms with Gasteiger partial charge in [-0.05, 0) is 18.6 Å². The molecular formula is C9H11NO2. The highest BCUT2D eigenvalue weighted by Crippen LogP contribution is 2.00. The number of carbonyl (C=O) groups is 2. The van der Waals surface area contributed by atoms with Crippen LogP contribution in [0.5, 0.6) is 0 Å². The second-order valence-electron chi connectivity index (χ2n) is 2.59. The van der Waals surface area contributed by atoms with Crippen molar-refractivity contribution in [3.63, 3.8) is 0 Å². The molecule has 0 aliphatic heterocycles. The van der Waals surface area contributed by atoms with Gasteiger partial charge in [-0.25, -0.2) is 0 Å². The van der Waals surface area contributed by atoms with Gasteiger partial charge in [0.2, 0.25) is 11.6 Å². The lowest BCUT2D eigenvalue weighted by Crippen LogP contribution is -2.13. The zero-order valence-corrected chi connectivity index (χ0v) is 6.96. The van der Waals surface area contributed by atoms with Crippen LogP contribution in [0.1, 0.15) is 30.3 Å². The first-order valence-electron chi connectivity index (χ1n) is 3.96. The number of ketones is 2. The van der Waals surface area contributed by atoms with Crippen LogP contribution in [0.2, 0.25) is 0 Å². The van der Waals surface area contributed by atoms with E-state index in [-0.39, 0.29) is 5.78 Å². The number of hydrogen-bond acceptors (Lipinski definition) is 2. The quantitative estimate of drug-likeness (QED) is 0.543. The van der Waals surface area contributed by atoms with Crippen LogP contribution in [-0.4, -0.2) is 16.6 Å². The van der Waals surface area contributed by atoms with Crippen LogP contribution in [0, 0.1) is 0 Å². The van der Waals surface area contributed by atoms with Crippen molar-refractivity contribution in [2.24, 2.45) is 0 Å². The van der Waals surface area contributed by atoms with Gasteiger partial charge < -0.3 is 4.98 Å². The number of Topliss-reactive ketones (excluding diaryl/α,β-unsaturated/α-hetero) is 2. The summed E-state index contributed by atoms with van der Waals surface area (Å²) in [7, 11) is 0. The summed E-state index contributed by atoms with van der Waals surface area (Å²) < 4.78 is 0. The molecule has 0 bridgehead atoms. The highest BCUT2D eigenvalue weighted by Gasteiger charge is 2.14. The van der Waals surface area contributed by atoms with Gasteiger partial charge in [0.05, 0.1) is 5.69 Å². The average Bonchev–Trinajstić information content (AvgIpc) is 2.55. The van der Waals surface area contributed by atoms with Crippen LogP contribution < -0.4 is 0 Å². The van der Waals surface area contributed by atoms with Crippen molar-refractivity contribution in [2.75, 3.05) is 0 Å². The fourth-order valence-corrected chi connectivity index (χ4v) is 0.962. The molecule has 0 unspecified atom stereocenters. The Morgan fingerprint density at radius 3 is 2.75 bits per heavy atom. The van der Waals surface area contributed by atoms with Gasteiger partial charge in [0, 0.05) is 12.6 Å². The highest BCUT2D eigenvalue weighted by atomic mass is 16.2. The van der Waals surface area contributed by atoms with Gasteiger partial charge in [-0.2, -0.15) is 0 Å². The summed E-state index contributed by atoms with van der Waals surface area (Å²) in [5, 5.41) is 0. The van der Waals surface area contributed by atoms with Crippen molar-refractivity contribution in [1.29, 1.82) is 0 Å². The fourth-order valence-electron chi connectivity index (χ4n) is 0.962. The predicted octanol–water partition coefficient (Wildman–Crippen LogP) is 1.57. The molecule has 0 atom stereocenters. The third-order valence-corrected chi connectivity index (χ3v) is 1.57. The van der Waals surface area contributed by atoms with E-state index in [1.54, 1.807) is 18.3 Å². The monoisotopic (exact) mass is 165 g/mol. The molecule has 0 fully saturated rings.